The third-order valence-corrected chi connectivity index (χ3v) is 8.82. The van der Waals surface area contributed by atoms with E-state index in [0.717, 1.165) is 53.7 Å². The number of amides is 2. The Morgan fingerprint density at radius 3 is 2.55 bits per heavy atom. The second-order valence-corrected chi connectivity index (χ2v) is 11.9. The molecule has 2 fully saturated rings. The third kappa shape index (κ3) is 5.91. The Morgan fingerprint density at radius 1 is 1.18 bits per heavy atom. The van der Waals surface area contributed by atoms with Crippen LogP contribution in [0.4, 0.5) is 5.82 Å². The molecule has 0 radical (unpaired) electrons. The van der Waals surface area contributed by atoms with Crippen molar-refractivity contribution in [1.82, 2.24) is 25.7 Å². The van der Waals surface area contributed by atoms with Crippen molar-refractivity contribution in [2.45, 2.75) is 58.2 Å². The lowest BCUT2D eigenvalue weighted by atomic mass is 9.91. The monoisotopic (exact) mass is 566 g/mol. The number of nitrogens with one attached hydrogen (secondary N) is 2. The van der Waals surface area contributed by atoms with Crippen molar-refractivity contribution in [2.24, 2.45) is 5.92 Å². The first-order valence-corrected chi connectivity index (χ1v) is 14.8. The van der Waals surface area contributed by atoms with Crippen molar-refractivity contribution in [3.05, 3.63) is 52.9 Å². The normalized spacial score (nSPS) is 21.1. The molecule has 10 nitrogen and oxygen atoms in total. The van der Waals surface area contributed by atoms with Crippen LogP contribution in [-0.4, -0.2) is 76.8 Å². The van der Waals surface area contributed by atoms with Gasteiger partial charge in [0, 0.05) is 45.2 Å². The maximum Gasteiger partial charge on any atom is 0.243 e. The van der Waals surface area contributed by atoms with Crippen molar-refractivity contribution < 1.29 is 19.2 Å². The Hall–Kier alpha value is -3.28. The number of aliphatic hydroxyl groups excluding tert-OH is 1. The van der Waals surface area contributed by atoms with Crippen LogP contribution >= 0.6 is 11.3 Å². The fourth-order valence-corrected chi connectivity index (χ4v) is 6.40. The Labute approximate surface area is 238 Å². The Balaban J connectivity index is 1.28. The number of nitrogens with zero attached hydrogens (tertiary/aromatic N) is 4. The predicted molar refractivity (Wildman–Crippen MR) is 154 cm³/mol. The number of carbonyl (C=O) groups is 2. The van der Waals surface area contributed by atoms with E-state index in [0.29, 0.717) is 5.76 Å². The summed E-state index contributed by atoms with van der Waals surface area (Å²) in [5.41, 5.74) is 4.87. The summed E-state index contributed by atoms with van der Waals surface area (Å²) in [5.74, 6) is 0.00472. The molecule has 0 aliphatic carbocycles. The van der Waals surface area contributed by atoms with Crippen LogP contribution in [0.2, 0.25) is 0 Å². The van der Waals surface area contributed by atoms with E-state index in [9.17, 15) is 14.7 Å². The Morgan fingerprint density at radius 2 is 1.90 bits per heavy atom. The molecule has 11 heteroatoms. The van der Waals surface area contributed by atoms with E-state index in [2.05, 4.69) is 25.7 Å². The van der Waals surface area contributed by atoms with E-state index in [1.165, 1.54) is 4.90 Å². The molecule has 4 atom stereocenters. The molecule has 2 unspecified atom stereocenters. The van der Waals surface area contributed by atoms with Crippen LogP contribution in [0.15, 0.2) is 40.4 Å². The van der Waals surface area contributed by atoms with Crippen molar-refractivity contribution in [2.75, 3.05) is 37.6 Å². The molecule has 3 aromatic rings. The number of hydrogen-bond donors (Lipinski definition) is 3. The zero-order valence-corrected chi connectivity index (χ0v) is 24.3. The summed E-state index contributed by atoms with van der Waals surface area (Å²) in [6.45, 7) is 11.3. The highest BCUT2D eigenvalue weighted by Crippen LogP contribution is 2.33. The van der Waals surface area contributed by atoms with Gasteiger partial charge in [-0.3, -0.25) is 9.59 Å². The number of hydrogen-bond acceptors (Lipinski definition) is 9. The van der Waals surface area contributed by atoms with Gasteiger partial charge >= 0.3 is 0 Å². The van der Waals surface area contributed by atoms with Gasteiger partial charge in [0.1, 0.15) is 12.0 Å². The summed E-state index contributed by atoms with van der Waals surface area (Å²) < 4.78 is 5.68. The second-order valence-electron chi connectivity index (χ2n) is 11.1. The summed E-state index contributed by atoms with van der Waals surface area (Å²) >= 11 is 1.60. The van der Waals surface area contributed by atoms with Gasteiger partial charge in [-0.15, -0.1) is 11.3 Å². The molecule has 3 N–H and O–H groups in total. The number of aliphatic hydroxyl groups is 1. The van der Waals surface area contributed by atoms with Crippen LogP contribution in [-0.2, 0) is 9.59 Å². The molecule has 1 aromatic carbocycles. The average molecular weight is 567 g/mol. The molecule has 0 spiro atoms. The van der Waals surface area contributed by atoms with Gasteiger partial charge in [0.05, 0.1) is 28.2 Å². The topological polar surface area (TPSA) is 124 Å². The molecule has 2 aromatic heterocycles. The molecule has 5 rings (SSSR count). The fourth-order valence-electron chi connectivity index (χ4n) is 5.58. The summed E-state index contributed by atoms with van der Waals surface area (Å²) in [6.07, 6.45) is -0.572. The largest absolute Gasteiger partial charge is 0.391 e. The number of anilines is 1. The molecule has 4 heterocycles. The number of aryl methyl sites for hydroxylation is 1. The minimum Gasteiger partial charge on any atom is -0.391 e. The van der Waals surface area contributed by atoms with Crippen molar-refractivity contribution in [3.63, 3.8) is 0 Å². The smallest absolute Gasteiger partial charge is 0.243 e. The number of thiazole rings is 1. The highest BCUT2D eigenvalue weighted by atomic mass is 32.1. The van der Waals surface area contributed by atoms with Crippen LogP contribution < -0.4 is 15.5 Å². The lowest BCUT2D eigenvalue weighted by Gasteiger charge is -2.29. The van der Waals surface area contributed by atoms with E-state index in [4.69, 9.17) is 4.52 Å². The van der Waals surface area contributed by atoms with Gasteiger partial charge in [0.2, 0.25) is 11.8 Å². The fraction of sp³-hybridized carbons (Fsp3) is 0.517. The van der Waals surface area contributed by atoms with Crippen molar-refractivity contribution in [3.8, 4) is 10.4 Å². The standard InChI is InChI=1S/C29H38N6O4S/c1-17(2)26(24-14-25(33-39-24)34-11-9-30-10-12-34)29(38)35-15-22(36)13-23(35)28(37)32-18(3)20-5-7-21(8-6-20)27-19(4)31-16-40-27/h5-8,14,16-18,22-23,26,30,36H,9-13,15H2,1-4H3,(H,32,37)/t18?,22-,23+,26?/m1/s1. The van der Waals surface area contributed by atoms with Crippen LogP contribution in [0.25, 0.3) is 10.4 Å². The number of rotatable bonds is 8. The predicted octanol–water partition coefficient (Wildman–Crippen LogP) is 3.09. The first kappa shape index (κ1) is 28.3. The van der Waals surface area contributed by atoms with E-state index in [1.54, 1.807) is 11.3 Å². The van der Waals surface area contributed by atoms with E-state index in [1.807, 2.05) is 63.5 Å². The summed E-state index contributed by atoms with van der Waals surface area (Å²) in [6, 6.07) is 8.88. The maximum atomic E-state index is 13.9. The van der Waals surface area contributed by atoms with E-state index < -0.39 is 18.1 Å². The van der Waals surface area contributed by atoms with Crippen molar-refractivity contribution >= 4 is 29.0 Å². The molecule has 0 saturated carbocycles. The van der Waals surface area contributed by atoms with Gasteiger partial charge in [-0.05, 0) is 30.9 Å². The van der Waals surface area contributed by atoms with Gasteiger partial charge in [-0.25, -0.2) is 4.98 Å². The van der Waals surface area contributed by atoms with Gasteiger partial charge < -0.3 is 30.1 Å². The summed E-state index contributed by atoms with van der Waals surface area (Å²) in [4.78, 5) is 36.4. The number of benzene rings is 1. The third-order valence-electron chi connectivity index (χ3n) is 7.84. The molecule has 214 valence electrons. The average Bonchev–Trinajstić information content (AvgIpc) is 3.69. The minimum atomic E-state index is -0.768. The molecule has 2 aliphatic rings. The van der Waals surface area contributed by atoms with Gasteiger partial charge in [0.25, 0.3) is 0 Å². The first-order valence-electron chi connectivity index (χ1n) is 13.9. The van der Waals surface area contributed by atoms with Crippen LogP contribution in [0.5, 0.6) is 0 Å². The van der Waals surface area contributed by atoms with Gasteiger partial charge in [0.15, 0.2) is 11.6 Å². The first-order chi connectivity index (χ1) is 19.2. The molecular weight excluding hydrogens is 528 g/mol. The molecule has 2 saturated heterocycles. The quantitative estimate of drug-likeness (QED) is 0.380. The Bertz CT molecular complexity index is 1320. The van der Waals surface area contributed by atoms with Crippen LogP contribution in [0.3, 0.4) is 0 Å². The molecule has 2 amide bonds. The van der Waals surface area contributed by atoms with Crippen LogP contribution in [0.1, 0.15) is 56.2 Å². The van der Waals surface area contributed by atoms with E-state index >= 15 is 0 Å². The number of β-amino-alcohol motifs (C(OH)–C–C–N with tert-alkyl or cyclic N) is 1. The van der Waals surface area contributed by atoms with Gasteiger partial charge in [-0.1, -0.05) is 43.3 Å². The number of aromatic nitrogens is 2. The van der Waals surface area contributed by atoms with Crippen molar-refractivity contribution in [1.29, 1.82) is 0 Å². The number of likely N-dealkylation sites (tertiary alicyclic amines) is 1. The SMILES string of the molecule is Cc1ncsc1-c1ccc(C(C)NC(=O)[C@@H]2C[C@@H](O)CN2C(=O)C(c2cc(N3CCNCC3)no2)C(C)C)cc1. The molecule has 0 bridgehead atoms. The molecule has 2 aliphatic heterocycles. The number of carbonyl (C=O) groups excluding carboxylic acids is 2. The zero-order valence-electron chi connectivity index (χ0n) is 23.5. The minimum absolute atomic E-state index is 0.0857. The highest BCUT2D eigenvalue weighted by molar-refractivity contribution is 7.13. The maximum absolute atomic E-state index is 13.9. The lowest BCUT2D eigenvalue weighted by Crippen LogP contribution is -2.48. The highest BCUT2D eigenvalue weighted by Gasteiger charge is 2.43. The van der Waals surface area contributed by atoms with Crippen LogP contribution in [0, 0.1) is 12.8 Å². The Kier molecular flexibility index (Phi) is 8.53. The number of piperazine rings is 1. The summed E-state index contributed by atoms with van der Waals surface area (Å²) in [5, 5.41) is 21.1. The molecule has 40 heavy (non-hydrogen) atoms. The second kappa shape index (κ2) is 12.1. The zero-order chi connectivity index (χ0) is 28.4. The van der Waals surface area contributed by atoms with Gasteiger partial charge in [-0.2, -0.15) is 0 Å². The lowest BCUT2D eigenvalue weighted by molar-refractivity contribution is -0.141. The summed E-state index contributed by atoms with van der Waals surface area (Å²) in [7, 11) is 0. The van der Waals surface area contributed by atoms with E-state index in [-0.39, 0.29) is 36.7 Å². The molecular formula is C29H38N6O4S.